The molecule has 256 valence electrons. The molecule has 7 rings (SSSR count). The highest BCUT2D eigenvalue weighted by Crippen LogP contribution is 2.92. The Kier molecular flexibility index (Phi) is 8.82. The molecule has 2 N–H and O–H groups in total. The molecule has 0 radical (unpaired) electrons. The summed E-state index contributed by atoms with van der Waals surface area (Å²) in [6.45, 7) is 31.0. The minimum atomic E-state index is -0.991. The number of nitrogens with one attached hydrogen (secondary N) is 1. The molecule has 3 aliphatic carbocycles. The average molecular weight is 646 g/mol. The van der Waals surface area contributed by atoms with E-state index in [-0.39, 0.29) is 37.0 Å². The Bertz CT molecular complexity index is 1130. The SMILES string of the molecule is C=C.C=C(C)O[C@@H](C1C[C@@H](C)C2C(C[C@@]3(C)[C@@H]4CCP5C(C)(C)[C@@H](OC6CNCCO6)CCC56C[C@@]46CC[C@]23C)O1)C(C)(C)O. The topological polar surface area (TPSA) is 69.2 Å². The van der Waals surface area contributed by atoms with E-state index in [2.05, 4.69) is 59.7 Å². The molecule has 0 aromatic rings. The van der Waals surface area contributed by atoms with Crippen LogP contribution in [0.25, 0.3) is 0 Å². The fourth-order valence-electron chi connectivity index (χ4n) is 12.8. The van der Waals surface area contributed by atoms with Crippen LogP contribution in [-0.4, -0.2) is 77.6 Å². The third kappa shape index (κ3) is 5.00. The number of morpholine rings is 1. The van der Waals surface area contributed by atoms with Gasteiger partial charge in [0.25, 0.3) is 0 Å². The van der Waals surface area contributed by atoms with Gasteiger partial charge in [-0.2, -0.15) is 0 Å². The number of rotatable bonds is 6. The Labute approximate surface area is 275 Å². The van der Waals surface area contributed by atoms with Crippen molar-refractivity contribution in [3.63, 3.8) is 0 Å². The van der Waals surface area contributed by atoms with E-state index in [1.54, 1.807) is 0 Å². The average Bonchev–Trinajstić information content (AvgIpc) is 3.57. The monoisotopic (exact) mass is 645 g/mol. The molecule has 7 aliphatic rings. The van der Waals surface area contributed by atoms with Crippen LogP contribution in [0.15, 0.2) is 25.5 Å². The lowest BCUT2D eigenvalue weighted by Gasteiger charge is -2.63. The molecule has 45 heavy (non-hydrogen) atoms. The van der Waals surface area contributed by atoms with E-state index in [4.69, 9.17) is 18.9 Å². The zero-order chi connectivity index (χ0) is 32.8. The van der Waals surface area contributed by atoms with Crippen LogP contribution in [0.4, 0.5) is 0 Å². The summed E-state index contributed by atoms with van der Waals surface area (Å²) in [4.78, 5) is 0. The van der Waals surface area contributed by atoms with Crippen molar-refractivity contribution in [3.8, 4) is 0 Å². The molecular formula is C38H64NO5P. The van der Waals surface area contributed by atoms with Crippen molar-refractivity contribution in [2.45, 2.75) is 153 Å². The van der Waals surface area contributed by atoms with Gasteiger partial charge in [0, 0.05) is 18.2 Å². The summed E-state index contributed by atoms with van der Waals surface area (Å²) in [7, 11) is -0.122. The van der Waals surface area contributed by atoms with E-state index in [0.717, 1.165) is 38.5 Å². The van der Waals surface area contributed by atoms with Gasteiger partial charge in [-0.05, 0) is 117 Å². The van der Waals surface area contributed by atoms with Crippen molar-refractivity contribution in [3.05, 3.63) is 25.5 Å². The first-order valence-corrected chi connectivity index (χ1v) is 19.6. The predicted molar refractivity (Wildman–Crippen MR) is 184 cm³/mol. The highest BCUT2D eigenvalue weighted by Gasteiger charge is 2.83. The lowest BCUT2D eigenvalue weighted by Crippen LogP contribution is -2.58. The largest absolute Gasteiger partial charge is 0.490 e. The lowest BCUT2D eigenvalue weighted by atomic mass is 9.46. The van der Waals surface area contributed by atoms with Gasteiger partial charge in [-0.25, -0.2) is 0 Å². The first-order valence-electron chi connectivity index (χ1n) is 18.0. The molecule has 0 amide bonds. The lowest BCUT2D eigenvalue weighted by molar-refractivity contribution is -0.196. The summed E-state index contributed by atoms with van der Waals surface area (Å²) in [6, 6.07) is 0. The summed E-state index contributed by atoms with van der Waals surface area (Å²) in [5, 5.41) is 15.3. The van der Waals surface area contributed by atoms with Gasteiger partial charge in [0.05, 0.1) is 36.3 Å². The number of ether oxygens (including phenoxy) is 4. The zero-order valence-corrected chi connectivity index (χ0v) is 30.6. The second-order valence-electron chi connectivity index (χ2n) is 17.6. The number of hydrogen-bond donors (Lipinski definition) is 2. The van der Waals surface area contributed by atoms with Crippen molar-refractivity contribution in [2.75, 3.05) is 25.9 Å². The van der Waals surface area contributed by atoms with Crippen molar-refractivity contribution in [2.24, 2.45) is 34.0 Å². The molecule has 0 aromatic carbocycles. The summed E-state index contributed by atoms with van der Waals surface area (Å²) < 4.78 is 26.0. The smallest absolute Gasteiger partial charge is 0.170 e. The van der Waals surface area contributed by atoms with Gasteiger partial charge < -0.3 is 29.4 Å². The van der Waals surface area contributed by atoms with Crippen LogP contribution < -0.4 is 5.32 Å². The highest BCUT2D eigenvalue weighted by molar-refractivity contribution is 7.61. The summed E-state index contributed by atoms with van der Waals surface area (Å²) in [6.07, 6.45) is 11.5. The van der Waals surface area contributed by atoms with Crippen LogP contribution in [-0.2, 0) is 18.9 Å². The number of aliphatic hydroxyl groups is 1. The quantitative estimate of drug-likeness (QED) is 0.176. The summed E-state index contributed by atoms with van der Waals surface area (Å²) in [5.74, 6) is 2.55. The van der Waals surface area contributed by atoms with Gasteiger partial charge in [-0.1, -0.05) is 49.1 Å². The minimum Gasteiger partial charge on any atom is -0.490 e. The maximum Gasteiger partial charge on any atom is 0.170 e. The van der Waals surface area contributed by atoms with Crippen LogP contribution >= 0.6 is 7.92 Å². The van der Waals surface area contributed by atoms with E-state index in [1.165, 1.54) is 44.7 Å². The van der Waals surface area contributed by atoms with E-state index < -0.39 is 11.7 Å². The Hall–Kier alpha value is -0.490. The fraction of sp³-hybridized carbons (Fsp3) is 0.895. The molecule has 0 bridgehead atoms. The summed E-state index contributed by atoms with van der Waals surface area (Å²) in [5.41, 5.74) is 0.107. The second-order valence-corrected chi connectivity index (χ2v) is 20.9. The van der Waals surface area contributed by atoms with Crippen LogP contribution in [0.1, 0.15) is 107 Å². The molecule has 2 spiro atoms. The van der Waals surface area contributed by atoms with Crippen molar-refractivity contribution >= 4 is 7.92 Å². The van der Waals surface area contributed by atoms with Crippen LogP contribution in [0.2, 0.25) is 0 Å². The van der Waals surface area contributed by atoms with Gasteiger partial charge in [0.15, 0.2) is 12.4 Å². The van der Waals surface area contributed by atoms with Gasteiger partial charge >= 0.3 is 0 Å². The molecule has 6 nitrogen and oxygen atoms in total. The normalized spacial score (nSPS) is 50.2. The standard InChI is InChI=1S/C36H60NO5P.C2H4/c1-22(2)40-30(31(4,5)38)24-18-23(3)29-25(41-24)19-34(9)26-11-17-43-32(6,7)27(42-28-20-37-15-16-39-28)10-12-36(43)21-35(26,36)14-13-33(29,34)8;1-2/h23-30,37-38H,1,10-21H2,2-9H3;1-2H2/t23-,24?,25?,26+,27+,28?,29?,30+,33-,34+,35+,36?,43?;/m1./s1. The maximum absolute atomic E-state index is 11.1. The molecule has 4 heterocycles. The van der Waals surface area contributed by atoms with Crippen LogP contribution in [0, 0.1) is 34.0 Å². The molecule has 0 aromatic heterocycles. The molecular weight excluding hydrogens is 581 g/mol. The van der Waals surface area contributed by atoms with E-state index in [0.29, 0.717) is 39.7 Å². The van der Waals surface area contributed by atoms with E-state index in [1.807, 2.05) is 20.8 Å². The first-order chi connectivity index (χ1) is 21.1. The van der Waals surface area contributed by atoms with Crippen molar-refractivity contribution < 1.29 is 24.1 Å². The van der Waals surface area contributed by atoms with Crippen molar-refractivity contribution in [1.29, 1.82) is 0 Å². The molecule has 7 fully saturated rings. The fourth-order valence-corrected chi connectivity index (χ4v) is 17.6. The Balaban J connectivity index is 0.00000175. The Morgan fingerprint density at radius 3 is 2.47 bits per heavy atom. The van der Waals surface area contributed by atoms with Gasteiger partial charge in [0.1, 0.15) is 0 Å². The van der Waals surface area contributed by atoms with Crippen molar-refractivity contribution in [1.82, 2.24) is 5.32 Å². The zero-order valence-electron chi connectivity index (χ0n) is 29.8. The van der Waals surface area contributed by atoms with E-state index in [9.17, 15) is 5.11 Å². The second kappa shape index (κ2) is 11.5. The third-order valence-electron chi connectivity index (χ3n) is 14.6. The summed E-state index contributed by atoms with van der Waals surface area (Å²) >= 11 is 0. The predicted octanol–water partition coefficient (Wildman–Crippen LogP) is 7.63. The van der Waals surface area contributed by atoms with Crippen LogP contribution in [0.3, 0.4) is 0 Å². The van der Waals surface area contributed by atoms with Gasteiger partial charge in [-0.3, -0.25) is 0 Å². The van der Waals surface area contributed by atoms with E-state index >= 15 is 0 Å². The van der Waals surface area contributed by atoms with Gasteiger partial charge in [-0.15, -0.1) is 13.2 Å². The molecule has 6 unspecified atom stereocenters. The molecule has 13 atom stereocenters. The van der Waals surface area contributed by atoms with Crippen LogP contribution in [0.5, 0.6) is 0 Å². The number of fused-ring (bicyclic) bond motifs is 4. The molecule has 7 heteroatoms. The highest BCUT2D eigenvalue weighted by atomic mass is 31.1. The Morgan fingerprint density at radius 2 is 1.82 bits per heavy atom. The first kappa shape index (κ1) is 34.4. The van der Waals surface area contributed by atoms with Gasteiger partial charge in [0.2, 0.25) is 0 Å². The minimum absolute atomic E-state index is 0.0912. The number of allylic oxidation sites excluding steroid dienone is 1. The number of hydrogen-bond acceptors (Lipinski definition) is 6. The molecule has 3 saturated carbocycles. The third-order valence-corrected chi connectivity index (χ3v) is 18.8. The molecule has 4 saturated heterocycles. The Morgan fingerprint density at radius 1 is 1.09 bits per heavy atom. The molecule has 4 aliphatic heterocycles. The maximum atomic E-state index is 11.1.